The first kappa shape index (κ1) is 12.2. The average molecular weight is 237 g/mol. The summed E-state index contributed by atoms with van der Waals surface area (Å²) in [5.74, 6) is 0.794. The van der Waals surface area contributed by atoms with Gasteiger partial charge in [0, 0.05) is 18.0 Å². The molecule has 1 heterocycles. The number of carbonyl (C=O) groups excluding carboxylic acids is 1. The Labute approximate surface area is 101 Å². The van der Waals surface area contributed by atoms with Crippen molar-refractivity contribution in [3.63, 3.8) is 0 Å². The molecular formula is C13H19NO3. The van der Waals surface area contributed by atoms with Crippen molar-refractivity contribution in [2.45, 2.75) is 44.7 Å². The maximum atomic E-state index is 11.6. The van der Waals surface area contributed by atoms with Gasteiger partial charge in [-0.25, -0.2) is 0 Å². The van der Waals surface area contributed by atoms with Crippen LogP contribution in [-0.4, -0.2) is 18.6 Å². The summed E-state index contributed by atoms with van der Waals surface area (Å²) in [6.07, 6.45) is 4.80. The zero-order valence-corrected chi connectivity index (χ0v) is 10.6. The first-order chi connectivity index (χ1) is 8.04. The van der Waals surface area contributed by atoms with Gasteiger partial charge in [-0.05, 0) is 32.8 Å². The predicted octanol–water partition coefficient (Wildman–Crippen LogP) is 2.20. The number of hydrogen-bond acceptors (Lipinski definition) is 4. The summed E-state index contributed by atoms with van der Waals surface area (Å²) in [7, 11) is 1.41. The van der Waals surface area contributed by atoms with E-state index in [2.05, 4.69) is 5.32 Å². The number of fused-ring (bicyclic) bond motifs is 1. The van der Waals surface area contributed by atoms with Crippen LogP contribution in [0.1, 0.15) is 44.1 Å². The van der Waals surface area contributed by atoms with Gasteiger partial charge >= 0.3 is 5.97 Å². The summed E-state index contributed by atoms with van der Waals surface area (Å²) in [4.78, 5) is 11.6. The van der Waals surface area contributed by atoms with E-state index in [1.807, 2.05) is 19.9 Å². The van der Waals surface area contributed by atoms with E-state index in [0.29, 0.717) is 0 Å². The lowest BCUT2D eigenvalue weighted by Crippen LogP contribution is -2.49. The van der Waals surface area contributed by atoms with Gasteiger partial charge in [0.15, 0.2) is 0 Å². The molecule has 4 heteroatoms. The molecule has 0 bridgehead atoms. The van der Waals surface area contributed by atoms with E-state index in [1.54, 1.807) is 6.26 Å². The fraction of sp³-hybridized carbons (Fsp3) is 0.615. The van der Waals surface area contributed by atoms with E-state index in [4.69, 9.17) is 9.15 Å². The molecule has 0 saturated heterocycles. The van der Waals surface area contributed by atoms with Crippen LogP contribution < -0.4 is 5.32 Å². The number of furan rings is 1. The Morgan fingerprint density at radius 3 is 3.06 bits per heavy atom. The van der Waals surface area contributed by atoms with E-state index < -0.39 is 5.54 Å². The number of esters is 1. The summed E-state index contributed by atoms with van der Waals surface area (Å²) < 4.78 is 10.2. The summed E-state index contributed by atoms with van der Waals surface area (Å²) in [6.45, 7) is 3.68. The summed E-state index contributed by atoms with van der Waals surface area (Å²) >= 11 is 0. The molecule has 0 fully saturated rings. The normalized spacial score (nSPS) is 19.8. The predicted molar refractivity (Wildman–Crippen MR) is 63.6 cm³/mol. The molecule has 1 atom stereocenters. The van der Waals surface area contributed by atoms with Gasteiger partial charge in [0.2, 0.25) is 0 Å². The van der Waals surface area contributed by atoms with Crippen LogP contribution in [0.4, 0.5) is 0 Å². The molecule has 94 valence electrons. The average Bonchev–Trinajstić information content (AvgIpc) is 2.76. The van der Waals surface area contributed by atoms with E-state index >= 15 is 0 Å². The minimum Gasteiger partial charge on any atom is -0.469 e. The van der Waals surface area contributed by atoms with Crippen molar-refractivity contribution < 1.29 is 13.9 Å². The van der Waals surface area contributed by atoms with E-state index in [9.17, 15) is 4.79 Å². The monoisotopic (exact) mass is 237 g/mol. The fourth-order valence-electron chi connectivity index (χ4n) is 2.39. The molecule has 0 amide bonds. The van der Waals surface area contributed by atoms with Gasteiger partial charge in [-0.15, -0.1) is 0 Å². The number of methoxy groups -OCH3 is 1. The van der Waals surface area contributed by atoms with Crippen LogP contribution in [0.3, 0.4) is 0 Å². The largest absolute Gasteiger partial charge is 0.469 e. The highest BCUT2D eigenvalue weighted by Gasteiger charge is 2.33. The SMILES string of the molecule is COC(=O)C(C)(C)NC1CCCc2occc21. The van der Waals surface area contributed by atoms with Gasteiger partial charge in [0.05, 0.1) is 13.4 Å². The van der Waals surface area contributed by atoms with Crippen molar-refractivity contribution in [2.75, 3.05) is 7.11 Å². The maximum Gasteiger partial charge on any atom is 0.325 e. The Morgan fingerprint density at radius 2 is 2.35 bits per heavy atom. The first-order valence-electron chi connectivity index (χ1n) is 5.97. The number of hydrogen-bond donors (Lipinski definition) is 1. The van der Waals surface area contributed by atoms with Gasteiger partial charge in [-0.1, -0.05) is 0 Å². The van der Waals surface area contributed by atoms with Crippen molar-refractivity contribution in [3.8, 4) is 0 Å². The maximum absolute atomic E-state index is 11.6. The highest BCUT2D eigenvalue weighted by atomic mass is 16.5. The second-order valence-corrected chi connectivity index (χ2v) is 5.00. The lowest BCUT2D eigenvalue weighted by molar-refractivity contribution is -0.147. The number of nitrogens with one attached hydrogen (secondary N) is 1. The van der Waals surface area contributed by atoms with E-state index in [0.717, 1.165) is 25.0 Å². The molecule has 1 aliphatic carbocycles. The molecule has 4 nitrogen and oxygen atoms in total. The van der Waals surface area contributed by atoms with Gasteiger partial charge in [-0.3, -0.25) is 10.1 Å². The molecule has 1 aromatic heterocycles. The Balaban J connectivity index is 2.14. The highest BCUT2D eigenvalue weighted by Crippen LogP contribution is 2.32. The quantitative estimate of drug-likeness (QED) is 0.819. The topological polar surface area (TPSA) is 51.5 Å². The van der Waals surface area contributed by atoms with Crippen LogP contribution in [0.2, 0.25) is 0 Å². The smallest absolute Gasteiger partial charge is 0.325 e. The Hall–Kier alpha value is -1.29. The molecule has 0 radical (unpaired) electrons. The Kier molecular flexibility index (Phi) is 3.24. The number of ether oxygens (including phenoxy) is 1. The molecule has 0 saturated carbocycles. The summed E-state index contributed by atoms with van der Waals surface area (Å²) in [5.41, 5.74) is 0.499. The molecule has 0 aliphatic heterocycles. The molecule has 17 heavy (non-hydrogen) atoms. The molecule has 1 aromatic rings. The third-order valence-electron chi connectivity index (χ3n) is 3.28. The Bertz CT molecular complexity index is 409. The van der Waals surface area contributed by atoms with Gasteiger partial charge in [-0.2, -0.15) is 0 Å². The van der Waals surface area contributed by atoms with Crippen LogP contribution in [0, 0.1) is 0 Å². The lowest BCUT2D eigenvalue weighted by atomic mass is 9.91. The zero-order valence-electron chi connectivity index (χ0n) is 10.6. The number of carbonyl (C=O) groups is 1. The molecule has 1 unspecified atom stereocenters. The van der Waals surface area contributed by atoms with Crippen LogP contribution in [0.5, 0.6) is 0 Å². The summed E-state index contributed by atoms with van der Waals surface area (Å²) in [6, 6.07) is 2.16. The molecule has 0 spiro atoms. The first-order valence-corrected chi connectivity index (χ1v) is 5.97. The van der Waals surface area contributed by atoms with Crippen LogP contribution in [-0.2, 0) is 16.0 Å². The standard InChI is InChI=1S/C13H19NO3/c1-13(2,12(15)16-3)14-10-5-4-6-11-9(10)7-8-17-11/h7-8,10,14H,4-6H2,1-3H3. The van der Waals surface area contributed by atoms with Gasteiger partial charge in [0.1, 0.15) is 11.3 Å². The van der Waals surface area contributed by atoms with E-state index in [-0.39, 0.29) is 12.0 Å². The third-order valence-corrected chi connectivity index (χ3v) is 3.28. The molecule has 0 aromatic carbocycles. The molecule has 1 N–H and O–H groups in total. The highest BCUT2D eigenvalue weighted by molar-refractivity contribution is 5.79. The molecular weight excluding hydrogens is 218 g/mol. The third kappa shape index (κ3) is 2.36. The van der Waals surface area contributed by atoms with Crippen molar-refractivity contribution >= 4 is 5.97 Å². The van der Waals surface area contributed by atoms with Gasteiger partial charge < -0.3 is 9.15 Å². The zero-order chi connectivity index (χ0) is 12.5. The van der Waals surface area contributed by atoms with Crippen molar-refractivity contribution in [1.29, 1.82) is 0 Å². The summed E-state index contributed by atoms with van der Waals surface area (Å²) in [5, 5.41) is 3.35. The molecule has 2 rings (SSSR count). The van der Waals surface area contributed by atoms with Crippen molar-refractivity contribution in [1.82, 2.24) is 5.32 Å². The molecule has 1 aliphatic rings. The van der Waals surface area contributed by atoms with Crippen molar-refractivity contribution in [2.24, 2.45) is 0 Å². The second-order valence-electron chi connectivity index (χ2n) is 5.00. The fourth-order valence-corrected chi connectivity index (χ4v) is 2.39. The minimum absolute atomic E-state index is 0.173. The van der Waals surface area contributed by atoms with E-state index in [1.165, 1.54) is 12.7 Å². The van der Waals surface area contributed by atoms with Crippen molar-refractivity contribution in [3.05, 3.63) is 23.7 Å². The second kappa shape index (κ2) is 4.53. The lowest BCUT2D eigenvalue weighted by Gasteiger charge is -2.31. The Morgan fingerprint density at radius 1 is 1.59 bits per heavy atom. The number of aryl methyl sites for hydroxylation is 1. The van der Waals surface area contributed by atoms with Crippen LogP contribution >= 0.6 is 0 Å². The number of rotatable bonds is 3. The minimum atomic E-state index is -0.675. The van der Waals surface area contributed by atoms with Gasteiger partial charge in [0.25, 0.3) is 0 Å². The van der Waals surface area contributed by atoms with Crippen LogP contribution in [0.15, 0.2) is 16.7 Å². The van der Waals surface area contributed by atoms with Crippen LogP contribution in [0.25, 0.3) is 0 Å².